The fourth-order valence-electron chi connectivity index (χ4n) is 8.42. The van der Waals surface area contributed by atoms with Crippen molar-refractivity contribution in [2.45, 2.75) is 315 Å². The number of carbonyl (C=O) groups is 1. The molecule has 3 N–H and O–H groups in total. The molecule has 2 unspecified atom stereocenters. The summed E-state index contributed by atoms with van der Waals surface area (Å²) in [6.07, 6.45) is 59.3. The molecule has 0 aromatic rings. The molecule has 2 atom stereocenters. The Bertz CT molecular complexity index is 714. The first kappa shape index (κ1) is 54.4. The first-order valence-corrected chi connectivity index (χ1v) is 25.7. The highest BCUT2D eigenvalue weighted by atomic mass is 16.3. The lowest BCUT2D eigenvalue weighted by Crippen LogP contribution is -2.45. The predicted octanol–water partition coefficient (Wildman–Crippen LogP) is 16.4. The van der Waals surface area contributed by atoms with Crippen LogP contribution in [0.25, 0.3) is 0 Å². The molecule has 0 fully saturated rings. The van der Waals surface area contributed by atoms with Crippen LogP contribution >= 0.6 is 0 Å². The Morgan fingerprint density at radius 3 is 0.818 bits per heavy atom. The van der Waals surface area contributed by atoms with Crippen LogP contribution in [0.3, 0.4) is 0 Å². The van der Waals surface area contributed by atoms with Crippen molar-refractivity contribution in [1.82, 2.24) is 5.32 Å². The van der Waals surface area contributed by atoms with Crippen molar-refractivity contribution < 1.29 is 15.0 Å². The summed E-state index contributed by atoms with van der Waals surface area (Å²) in [4.78, 5) is 12.4. The van der Waals surface area contributed by atoms with E-state index >= 15 is 0 Å². The summed E-state index contributed by atoms with van der Waals surface area (Å²) in [6.45, 7) is 4.39. The number of unbranched alkanes of at least 4 members (excludes halogenated alkanes) is 41. The van der Waals surface area contributed by atoms with Crippen molar-refractivity contribution in [1.29, 1.82) is 0 Å². The number of carbonyl (C=O) groups excluding carboxylic acids is 1. The van der Waals surface area contributed by atoms with Crippen LogP contribution < -0.4 is 5.32 Å². The molecule has 0 saturated heterocycles. The van der Waals surface area contributed by atoms with E-state index in [1.54, 1.807) is 0 Å². The number of nitrogens with one attached hydrogen (secondary N) is 1. The molecule has 330 valence electrons. The van der Waals surface area contributed by atoms with Crippen molar-refractivity contribution >= 4 is 5.91 Å². The Kier molecular flexibility index (Phi) is 47.2. The molecule has 0 spiro atoms. The zero-order chi connectivity index (χ0) is 40.0. The topological polar surface area (TPSA) is 69.6 Å². The monoisotopic (exact) mass is 778 g/mol. The average Bonchev–Trinajstić information content (AvgIpc) is 3.19. The summed E-state index contributed by atoms with van der Waals surface area (Å²) in [7, 11) is 0. The molecule has 0 aliphatic rings. The molecule has 0 bridgehead atoms. The highest BCUT2D eigenvalue weighted by molar-refractivity contribution is 5.76. The van der Waals surface area contributed by atoms with Crippen molar-refractivity contribution in [2.24, 2.45) is 0 Å². The molecule has 55 heavy (non-hydrogen) atoms. The maximum absolute atomic E-state index is 12.4. The number of hydrogen-bond donors (Lipinski definition) is 3. The molecule has 1 amide bonds. The van der Waals surface area contributed by atoms with Crippen molar-refractivity contribution in [3.05, 3.63) is 0 Å². The minimum atomic E-state index is -0.654. The third kappa shape index (κ3) is 44.3. The molecule has 0 radical (unpaired) electrons. The first-order valence-electron chi connectivity index (χ1n) is 25.7. The number of aliphatic hydroxyl groups excluding tert-OH is 2. The molecular weight excluding hydrogens is 675 g/mol. The first-order chi connectivity index (χ1) is 27.2. The molecule has 0 heterocycles. The van der Waals surface area contributed by atoms with Gasteiger partial charge in [-0.05, 0) is 12.8 Å². The third-order valence-electron chi connectivity index (χ3n) is 12.4. The SMILES string of the molecule is CCCCCCCCCCCCCCCCCCCCCCCCCCCCCC(O)C(CO)NC(=O)CCCCCCCCCCCCCCCCCC. The minimum Gasteiger partial charge on any atom is -0.394 e. The standard InChI is InChI=1S/C51H103NO3/c1-3-5-7-9-11-13-15-17-19-21-22-23-24-25-26-27-28-29-30-31-32-34-36-38-40-42-44-46-50(54)49(48-53)52-51(55)47-45-43-41-39-37-35-33-20-18-16-14-12-10-8-6-4-2/h49-50,53-54H,3-48H2,1-2H3,(H,52,55). The lowest BCUT2D eigenvalue weighted by molar-refractivity contribution is -0.123. The Morgan fingerprint density at radius 1 is 0.364 bits per heavy atom. The van der Waals surface area contributed by atoms with Crippen LogP contribution in [0.4, 0.5) is 0 Å². The molecule has 0 rings (SSSR count). The van der Waals surface area contributed by atoms with Gasteiger partial charge >= 0.3 is 0 Å². The van der Waals surface area contributed by atoms with Crippen LogP contribution in [0.1, 0.15) is 303 Å². The Hall–Kier alpha value is -0.610. The average molecular weight is 778 g/mol. The molecule has 0 saturated carbocycles. The van der Waals surface area contributed by atoms with Gasteiger partial charge in [-0.25, -0.2) is 0 Å². The van der Waals surface area contributed by atoms with Gasteiger partial charge in [-0.2, -0.15) is 0 Å². The van der Waals surface area contributed by atoms with E-state index in [1.807, 2.05) is 0 Å². The maximum atomic E-state index is 12.4. The van der Waals surface area contributed by atoms with E-state index in [0.717, 1.165) is 25.7 Å². The van der Waals surface area contributed by atoms with Crippen LogP contribution in [-0.2, 0) is 4.79 Å². The fraction of sp³-hybridized carbons (Fsp3) is 0.980. The number of rotatable bonds is 48. The summed E-state index contributed by atoms with van der Waals surface area (Å²) in [6, 6.07) is -0.530. The summed E-state index contributed by atoms with van der Waals surface area (Å²) in [5, 5.41) is 23.3. The largest absolute Gasteiger partial charge is 0.394 e. The van der Waals surface area contributed by atoms with Crippen molar-refractivity contribution in [3.63, 3.8) is 0 Å². The van der Waals surface area contributed by atoms with Gasteiger partial charge in [0.25, 0.3) is 0 Å². The summed E-state index contributed by atoms with van der Waals surface area (Å²) in [5.41, 5.74) is 0. The predicted molar refractivity (Wildman–Crippen MR) is 244 cm³/mol. The van der Waals surface area contributed by atoms with Gasteiger partial charge in [-0.3, -0.25) is 4.79 Å². The van der Waals surface area contributed by atoms with Gasteiger partial charge < -0.3 is 15.5 Å². The van der Waals surface area contributed by atoms with E-state index in [2.05, 4.69) is 19.2 Å². The second kappa shape index (κ2) is 47.8. The van der Waals surface area contributed by atoms with E-state index in [1.165, 1.54) is 250 Å². The number of amides is 1. The highest BCUT2D eigenvalue weighted by Crippen LogP contribution is 2.18. The fourth-order valence-corrected chi connectivity index (χ4v) is 8.42. The Balaban J connectivity index is 3.40. The molecule has 0 aromatic heterocycles. The van der Waals surface area contributed by atoms with Crippen LogP contribution in [-0.4, -0.2) is 34.9 Å². The van der Waals surface area contributed by atoms with E-state index in [9.17, 15) is 15.0 Å². The smallest absolute Gasteiger partial charge is 0.220 e. The zero-order valence-electron chi connectivity index (χ0n) is 38.0. The van der Waals surface area contributed by atoms with Crippen LogP contribution in [0.5, 0.6) is 0 Å². The van der Waals surface area contributed by atoms with E-state index in [0.29, 0.717) is 12.8 Å². The van der Waals surface area contributed by atoms with E-state index in [-0.39, 0.29) is 12.5 Å². The molecule has 4 heteroatoms. The lowest BCUT2D eigenvalue weighted by atomic mass is 10.0. The molecule has 0 aromatic carbocycles. The van der Waals surface area contributed by atoms with E-state index in [4.69, 9.17) is 0 Å². The second-order valence-electron chi connectivity index (χ2n) is 18.0. The quantitative estimate of drug-likeness (QED) is 0.0539. The highest BCUT2D eigenvalue weighted by Gasteiger charge is 2.20. The molecular formula is C51H103NO3. The van der Waals surface area contributed by atoms with E-state index < -0.39 is 12.1 Å². The Morgan fingerprint density at radius 2 is 0.582 bits per heavy atom. The normalized spacial score (nSPS) is 12.7. The van der Waals surface area contributed by atoms with Gasteiger partial charge in [0.15, 0.2) is 0 Å². The summed E-state index contributed by atoms with van der Waals surface area (Å²) in [5.74, 6) is -0.0244. The lowest BCUT2D eigenvalue weighted by Gasteiger charge is -2.22. The molecule has 0 aliphatic carbocycles. The van der Waals surface area contributed by atoms with Crippen molar-refractivity contribution in [3.8, 4) is 0 Å². The van der Waals surface area contributed by atoms with Crippen LogP contribution in [0, 0.1) is 0 Å². The van der Waals surface area contributed by atoms with Gasteiger partial charge in [0.2, 0.25) is 5.91 Å². The van der Waals surface area contributed by atoms with Gasteiger partial charge in [0.05, 0.1) is 18.8 Å². The van der Waals surface area contributed by atoms with Crippen molar-refractivity contribution in [2.75, 3.05) is 6.61 Å². The van der Waals surface area contributed by atoms with Gasteiger partial charge in [-0.15, -0.1) is 0 Å². The van der Waals surface area contributed by atoms with Gasteiger partial charge in [0, 0.05) is 6.42 Å². The van der Waals surface area contributed by atoms with Gasteiger partial charge in [-0.1, -0.05) is 284 Å². The minimum absolute atomic E-state index is 0.0244. The molecule has 4 nitrogen and oxygen atoms in total. The maximum Gasteiger partial charge on any atom is 0.220 e. The summed E-state index contributed by atoms with van der Waals surface area (Å²) < 4.78 is 0. The Labute approximate surface area is 346 Å². The molecule has 0 aliphatic heterocycles. The second-order valence-corrected chi connectivity index (χ2v) is 18.0. The van der Waals surface area contributed by atoms with Crippen LogP contribution in [0.2, 0.25) is 0 Å². The third-order valence-corrected chi connectivity index (χ3v) is 12.4. The van der Waals surface area contributed by atoms with Crippen LogP contribution in [0.15, 0.2) is 0 Å². The number of hydrogen-bond acceptors (Lipinski definition) is 3. The van der Waals surface area contributed by atoms with Gasteiger partial charge in [0.1, 0.15) is 0 Å². The summed E-state index contributed by atoms with van der Waals surface area (Å²) >= 11 is 0. The zero-order valence-corrected chi connectivity index (χ0v) is 38.0. The number of aliphatic hydroxyl groups is 2.